The molecule has 0 aliphatic carbocycles. The van der Waals surface area contributed by atoms with Crippen molar-refractivity contribution in [1.29, 1.82) is 0 Å². The number of hydrogen-bond acceptors (Lipinski definition) is 4. The number of rotatable bonds is 3. The Morgan fingerprint density at radius 1 is 1.38 bits per heavy atom. The minimum Gasteiger partial charge on any atom is -0.466 e. The van der Waals surface area contributed by atoms with Gasteiger partial charge in [-0.3, -0.25) is 0 Å². The molecule has 0 aromatic heterocycles. The maximum absolute atomic E-state index is 11.6. The van der Waals surface area contributed by atoms with Crippen molar-refractivity contribution < 1.29 is 19.1 Å². The van der Waals surface area contributed by atoms with Gasteiger partial charge in [-0.15, -0.1) is 0 Å². The van der Waals surface area contributed by atoms with Gasteiger partial charge < -0.3 is 9.47 Å². The summed E-state index contributed by atoms with van der Waals surface area (Å²) in [6.45, 7) is 3.71. The third-order valence-electron chi connectivity index (χ3n) is 2.97. The van der Waals surface area contributed by atoms with E-state index in [-0.39, 0.29) is 5.57 Å². The SMILES string of the molecule is C=C(C(=O)OC)[C@@H](C#Cc1ccccc1)[C@@H]1C=CC(=O)O1. The Bertz CT molecular complexity index is 646. The number of carbonyl (C=O) groups excluding carboxylic acids is 2. The lowest BCUT2D eigenvalue weighted by Gasteiger charge is -2.17. The predicted molar refractivity (Wildman–Crippen MR) is 77.0 cm³/mol. The molecule has 1 aliphatic heterocycles. The number of benzene rings is 1. The molecular formula is C17H14O4. The minimum absolute atomic E-state index is 0.158. The van der Waals surface area contributed by atoms with Crippen LogP contribution in [0.15, 0.2) is 54.6 Å². The van der Waals surface area contributed by atoms with Crippen LogP contribution in [0.4, 0.5) is 0 Å². The van der Waals surface area contributed by atoms with Gasteiger partial charge in [-0.05, 0) is 18.2 Å². The van der Waals surface area contributed by atoms with E-state index in [1.165, 1.54) is 13.2 Å². The van der Waals surface area contributed by atoms with Gasteiger partial charge in [0.25, 0.3) is 0 Å². The highest BCUT2D eigenvalue weighted by atomic mass is 16.5. The molecule has 0 amide bonds. The number of methoxy groups -OCH3 is 1. The number of hydrogen-bond donors (Lipinski definition) is 0. The molecule has 0 radical (unpaired) electrons. The second-order valence-corrected chi connectivity index (χ2v) is 4.39. The van der Waals surface area contributed by atoms with Gasteiger partial charge in [0, 0.05) is 17.2 Å². The first-order valence-corrected chi connectivity index (χ1v) is 6.34. The Balaban J connectivity index is 2.26. The first kappa shape index (κ1) is 14.6. The van der Waals surface area contributed by atoms with Gasteiger partial charge >= 0.3 is 11.9 Å². The van der Waals surface area contributed by atoms with Gasteiger partial charge in [-0.2, -0.15) is 0 Å². The summed E-state index contributed by atoms with van der Waals surface area (Å²) in [5, 5.41) is 0. The van der Waals surface area contributed by atoms with Crippen molar-refractivity contribution in [3.63, 3.8) is 0 Å². The van der Waals surface area contributed by atoms with Crippen LogP contribution in [0.2, 0.25) is 0 Å². The quantitative estimate of drug-likeness (QED) is 0.482. The fourth-order valence-electron chi connectivity index (χ4n) is 1.87. The Labute approximate surface area is 123 Å². The van der Waals surface area contributed by atoms with Crippen LogP contribution in [0.1, 0.15) is 5.56 Å². The molecule has 0 bridgehead atoms. The molecule has 4 nitrogen and oxygen atoms in total. The standard InChI is InChI=1S/C17H14O4/c1-12(17(19)20-2)14(15-10-11-16(18)21-15)9-8-13-6-4-3-5-7-13/h3-7,10-11,14-15H,1H2,2H3/t14-,15+/m1/s1. The molecule has 0 spiro atoms. The predicted octanol–water partition coefficient (Wildman–Crippen LogP) is 1.87. The molecule has 0 saturated heterocycles. The summed E-state index contributed by atoms with van der Waals surface area (Å²) in [4.78, 5) is 22.8. The van der Waals surface area contributed by atoms with Crippen LogP contribution in [0.5, 0.6) is 0 Å². The molecule has 0 N–H and O–H groups in total. The van der Waals surface area contributed by atoms with Crippen LogP contribution in [0.3, 0.4) is 0 Å². The Hall–Kier alpha value is -2.80. The van der Waals surface area contributed by atoms with E-state index in [2.05, 4.69) is 23.2 Å². The van der Waals surface area contributed by atoms with E-state index in [4.69, 9.17) is 4.74 Å². The zero-order chi connectivity index (χ0) is 15.2. The van der Waals surface area contributed by atoms with Crippen molar-refractivity contribution >= 4 is 11.9 Å². The molecular weight excluding hydrogens is 268 g/mol. The summed E-state index contributed by atoms with van der Waals surface area (Å²) in [5.74, 6) is 4.22. The highest BCUT2D eigenvalue weighted by Gasteiger charge is 2.30. The summed E-state index contributed by atoms with van der Waals surface area (Å²) in [6.07, 6.45) is 2.26. The lowest BCUT2D eigenvalue weighted by Crippen LogP contribution is -2.25. The maximum atomic E-state index is 11.6. The largest absolute Gasteiger partial charge is 0.466 e. The van der Waals surface area contributed by atoms with Crippen molar-refractivity contribution in [2.45, 2.75) is 6.10 Å². The topological polar surface area (TPSA) is 52.6 Å². The van der Waals surface area contributed by atoms with Crippen LogP contribution in [0.25, 0.3) is 0 Å². The third kappa shape index (κ3) is 3.61. The van der Waals surface area contributed by atoms with Crippen molar-refractivity contribution in [3.05, 3.63) is 60.2 Å². The zero-order valence-corrected chi connectivity index (χ0v) is 11.5. The first-order valence-electron chi connectivity index (χ1n) is 6.34. The average Bonchev–Trinajstić information content (AvgIpc) is 2.93. The van der Waals surface area contributed by atoms with Gasteiger partial charge in [-0.25, -0.2) is 9.59 Å². The second kappa shape index (κ2) is 6.58. The smallest absolute Gasteiger partial charge is 0.334 e. The molecule has 2 atom stereocenters. The van der Waals surface area contributed by atoms with Crippen molar-refractivity contribution in [2.75, 3.05) is 7.11 Å². The fourth-order valence-corrected chi connectivity index (χ4v) is 1.87. The molecule has 106 valence electrons. The van der Waals surface area contributed by atoms with Crippen molar-refractivity contribution in [2.24, 2.45) is 5.92 Å². The van der Waals surface area contributed by atoms with E-state index in [9.17, 15) is 9.59 Å². The van der Waals surface area contributed by atoms with Gasteiger partial charge in [0.2, 0.25) is 0 Å². The summed E-state index contributed by atoms with van der Waals surface area (Å²) in [7, 11) is 1.27. The molecule has 2 rings (SSSR count). The van der Waals surface area contributed by atoms with E-state index in [1.54, 1.807) is 6.08 Å². The van der Waals surface area contributed by atoms with Crippen LogP contribution < -0.4 is 0 Å². The van der Waals surface area contributed by atoms with Crippen LogP contribution in [0, 0.1) is 17.8 Å². The normalized spacial score (nSPS) is 17.4. The summed E-state index contributed by atoms with van der Waals surface area (Å²) in [5.41, 5.74) is 0.957. The molecule has 1 aromatic rings. The number of carbonyl (C=O) groups is 2. The molecule has 1 heterocycles. The first-order chi connectivity index (χ1) is 10.1. The summed E-state index contributed by atoms with van der Waals surface area (Å²) >= 11 is 0. The monoisotopic (exact) mass is 282 g/mol. The summed E-state index contributed by atoms with van der Waals surface area (Å²) < 4.78 is 9.77. The lowest BCUT2D eigenvalue weighted by molar-refractivity contribution is -0.141. The van der Waals surface area contributed by atoms with Crippen molar-refractivity contribution in [3.8, 4) is 11.8 Å². The third-order valence-corrected chi connectivity index (χ3v) is 2.97. The highest BCUT2D eigenvalue weighted by molar-refractivity contribution is 5.90. The lowest BCUT2D eigenvalue weighted by atomic mass is 9.94. The average molecular weight is 282 g/mol. The fraction of sp³-hybridized carbons (Fsp3) is 0.176. The van der Waals surface area contributed by atoms with Gasteiger partial charge in [0.1, 0.15) is 6.10 Å². The zero-order valence-electron chi connectivity index (χ0n) is 11.5. The van der Waals surface area contributed by atoms with Gasteiger partial charge in [-0.1, -0.05) is 36.6 Å². The molecule has 21 heavy (non-hydrogen) atoms. The number of esters is 2. The molecule has 1 aromatic carbocycles. The second-order valence-electron chi connectivity index (χ2n) is 4.39. The van der Waals surface area contributed by atoms with Crippen LogP contribution >= 0.6 is 0 Å². The Kier molecular flexibility index (Phi) is 4.57. The van der Waals surface area contributed by atoms with E-state index < -0.39 is 24.0 Å². The van der Waals surface area contributed by atoms with Crippen LogP contribution in [-0.2, 0) is 19.1 Å². The highest BCUT2D eigenvalue weighted by Crippen LogP contribution is 2.22. The molecule has 0 saturated carbocycles. The van der Waals surface area contributed by atoms with Crippen LogP contribution in [-0.4, -0.2) is 25.2 Å². The molecule has 0 fully saturated rings. The molecule has 0 unspecified atom stereocenters. The van der Waals surface area contributed by atoms with E-state index in [0.29, 0.717) is 0 Å². The van der Waals surface area contributed by atoms with Gasteiger partial charge in [0.05, 0.1) is 13.0 Å². The number of ether oxygens (including phenoxy) is 2. The van der Waals surface area contributed by atoms with E-state index in [0.717, 1.165) is 5.56 Å². The van der Waals surface area contributed by atoms with E-state index in [1.807, 2.05) is 30.3 Å². The number of cyclic esters (lactones) is 1. The minimum atomic E-state index is -0.639. The van der Waals surface area contributed by atoms with Crippen molar-refractivity contribution in [1.82, 2.24) is 0 Å². The Morgan fingerprint density at radius 3 is 2.67 bits per heavy atom. The molecule has 4 heteroatoms. The summed E-state index contributed by atoms with van der Waals surface area (Å²) in [6, 6.07) is 9.31. The van der Waals surface area contributed by atoms with Gasteiger partial charge in [0.15, 0.2) is 0 Å². The maximum Gasteiger partial charge on any atom is 0.334 e. The Morgan fingerprint density at radius 2 is 2.10 bits per heavy atom. The van der Waals surface area contributed by atoms with E-state index >= 15 is 0 Å². The molecule has 1 aliphatic rings.